The number of rotatable bonds is 4. The van der Waals surface area contributed by atoms with Gasteiger partial charge in [0.15, 0.2) is 0 Å². The lowest BCUT2D eigenvalue weighted by Crippen LogP contribution is -2.20. The quantitative estimate of drug-likeness (QED) is 0.872. The fourth-order valence-corrected chi connectivity index (χ4v) is 2.12. The summed E-state index contributed by atoms with van der Waals surface area (Å²) in [6.07, 6.45) is 0. The highest BCUT2D eigenvalue weighted by Gasteiger charge is 2.10. The number of carbonyl (C=O) groups excluding carboxylic acids is 1. The highest BCUT2D eigenvalue weighted by Crippen LogP contribution is 2.29. The molecular weight excluding hydrogens is 336 g/mol. The summed E-state index contributed by atoms with van der Waals surface area (Å²) in [5, 5.41) is 5.49. The Bertz CT molecular complexity index is 647. The van der Waals surface area contributed by atoms with E-state index in [0.717, 1.165) is 4.47 Å². The standard InChI is InChI=1S/C15H15BrN2O3/c1-20-10-7-8-13(14(9-10)21-2)18-15(19)17-12-6-4-3-5-11(12)16/h3-9H,1-2H3,(H2,17,18,19). The van der Waals surface area contributed by atoms with Crippen LogP contribution in [0.15, 0.2) is 46.9 Å². The van der Waals surface area contributed by atoms with Gasteiger partial charge < -0.3 is 20.1 Å². The number of carbonyl (C=O) groups is 1. The van der Waals surface area contributed by atoms with Crippen molar-refractivity contribution in [3.8, 4) is 11.5 Å². The van der Waals surface area contributed by atoms with Crippen LogP contribution in [-0.4, -0.2) is 20.3 Å². The average Bonchev–Trinajstić information content (AvgIpc) is 2.50. The SMILES string of the molecule is COc1ccc(NC(=O)Nc2ccccc2Br)c(OC)c1. The second-order valence-electron chi connectivity index (χ2n) is 4.13. The number of nitrogens with one attached hydrogen (secondary N) is 2. The number of urea groups is 1. The molecule has 0 fully saturated rings. The van der Waals surface area contributed by atoms with Gasteiger partial charge in [-0.1, -0.05) is 12.1 Å². The molecule has 0 radical (unpaired) electrons. The van der Waals surface area contributed by atoms with Crippen LogP contribution in [0.5, 0.6) is 11.5 Å². The highest BCUT2D eigenvalue weighted by atomic mass is 79.9. The van der Waals surface area contributed by atoms with Crippen LogP contribution in [0.4, 0.5) is 16.2 Å². The zero-order valence-corrected chi connectivity index (χ0v) is 13.2. The molecular formula is C15H15BrN2O3. The van der Waals surface area contributed by atoms with Gasteiger partial charge in [-0.25, -0.2) is 4.79 Å². The Morgan fingerprint density at radius 1 is 1.00 bits per heavy atom. The number of para-hydroxylation sites is 1. The zero-order valence-electron chi connectivity index (χ0n) is 11.6. The maximum absolute atomic E-state index is 12.0. The molecule has 0 unspecified atom stereocenters. The molecule has 2 amide bonds. The second-order valence-corrected chi connectivity index (χ2v) is 4.98. The number of amides is 2. The van der Waals surface area contributed by atoms with Crippen LogP contribution in [-0.2, 0) is 0 Å². The van der Waals surface area contributed by atoms with E-state index in [1.807, 2.05) is 18.2 Å². The summed E-state index contributed by atoms with van der Waals surface area (Å²) in [7, 11) is 3.10. The highest BCUT2D eigenvalue weighted by molar-refractivity contribution is 9.10. The fourth-order valence-electron chi connectivity index (χ4n) is 1.74. The lowest BCUT2D eigenvalue weighted by molar-refractivity contribution is 0.262. The van der Waals surface area contributed by atoms with E-state index >= 15 is 0 Å². The molecule has 0 aromatic heterocycles. The van der Waals surface area contributed by atoms with Gasteiger partial charge in [0.1, 0.15) is 11.5 Å². The van der Waals surface area contributed by atoms with E-state index in [-0.39, 0.29) is 6.03 Å². The molecule has 0 aliphatic rings. The largest absolute Gasteiger partial charge is 0.497 e. The summed E-state index contributed by atoms with van der Waals surface area (Å²) in [5.74, 6) is 1.18. The molecule has 6 heteroatoms. The number of methoxy groups -OCH3 is 2. The fraction of sp³-hybridized carbons (Fsp3) is 0.133. The first-order valence-electron chi connectivity index (χ1n) is 6.18. The van der Waals surface area contributed by atoms with Gasteiger partial charge >= 0.3 is 6.03 Å². The van der Waals surface area contributed by atoms with Crippen LogP contribution in [0, 0.1) is 0 Å². The Morgan fingerprint density at radius 2 is 1.71 bits per heavy atom. The maximum atomic E-state index is 12.0. The first kappa shape index (κ1) is 15.2. The van der Waals surface area contributed by atoms with Gasteiger partial charge in [-0.2, -0.15) is 0 Å². The van der Waals surface area contributed by atoms with Crippen molar-refractivity contribution in [1.29, 1.82) is 0 Å². The molecule has 0 saturated carbocycles. The summed E-state index contributed by atoms with van der Waals surface area (Å²) in [5.41, 5.74) is 1.24. The molecule has 0 aliphatic heterocycles. The molecule has 2 N–H and O–H groups in total. The lowest BCUT2D eigenvalue weighted by Gasteiger charge is -2.13. The molecule has 2 aromatic rings. The van der Waals surface area contributed by atoms with Gasteiger partial charge in [0.05, 0.1) is 25.6 Å². The number of anilines is 2. The van der Waals surface area contributed by atoms with Gasteiger partial charge in [-0.05, 0) is 40.2 Å². The number of hydrogen-bond donors (Lipinski definition) is 2. The molecule has 2 aromatic carbocycles. The summed E-state index contributed by atoms with van der Waals surface area (Å²) >= 11 is 3.37. The van der Waals surface area contributed by atoms with E-state index in [9.17, 15) is 4.79 Å². The van der Waals surface area contributed by atoms with Crippen molar-refractivity contribution < 1.29 is 14.3 Å². The van der Waals surface area contributed by atoms with Crippen LogP contribution in [0.25, 0.3) is 0 Å². The Hall–Kier alpha value is -2.21. The van der Waals surface area contributed by atoms with E-state index in [2.05, 4.69) is 26.6 Å². The van der Waals surface area contributed by atoms with Gasteiger partial charge in [0.25, 0.3) is 0 Å². The van der Waals surface area contributed by atoms with Crippen LogP contribution in [0.1, 0.15) is 0 Å². The first-order chi connectivity index (χ1) is 10.1. The molecule has 110 valence electrons. The third-order valence-corrected chi connectivity index (χ3v) is 3.47. The monoisotopic (exact) mass is 350 g/mol. The summed E-state index contributed by atoms with van der Waals surface area (Å²) < 4.78 is 11.2. The van der Waals surface area contributed by atoms with E-state index in [0.29, 0.717) is 22.9 Å². The number of ether oxygens (including phenoxy) is 2. The molecule has 0 aliphatic carbocycles. The Morgan fingerprint density at radius 3 is 2.38 bits per heavy atom. The molecule has 5 nitrogen and oxygen atoms in total. The Labute approximate surface area is 131 Å². The van der Waals surface area contributed by atoms with Crippen molar-refractivity contribution >= 4 is 33.3 Å². The minimum atomic E-state index is -0.356. The average molecular weight is 351 g/mol. The third kappa shape index (κ3) is 3.88. The van der Waals surface area contributed by atoms with E-state index in [1.165, 1.54) is 7.11 Å². The predicted octanol–water partition coefficient (Wildman–Crippen LogP) is 4.11. The summed E-state index contributed by atoms with van der Waals surface area (Å²) in [4.78, 5) is 12.0. The maximum Gasteiger partial charge on any atom is 0.323 e. The van der Waals surface area contributed by atoms with Gasteiger partial charge in [-0.3, -0.25) is 0 Å². The predicted molar refractivity (Wildman–Crippen MR) is 86.3 cm³/mol. The van der Waals surface area contributed by atoms with E-state index in [4.69, 9.17) is 9.47 Å². The lowest BCUT2D eigenvalue weighted by atomic mass is 10.2. The van der Waals surface area contributed by atoms with Crippen LogP contribution >= 0.6 is 15.9 Å². The van der Waals surface area contributed by atoms with Gasteiger partial charge in [0, 0.05) is 10.5 Å². The Kier molecular flexibility index (Phi) is 5.05. The summed E-state index contributed by atoms with van der Waals surface area (Å²) in [6, 6.07) is 12.2. The van der Waals surface area contributed by atoms with Crippen molar-refractivity contribution in [1.82, 2.24) is 0 Å². The van der Waals surface area contributed by atoms with Crippen LogP contribution < -0.4 is 20.1 Å². The molecule has 0 spiro atoms. The number of hydrogen-bond acceptors (Lipinski definition) is 3. The normalized spacial score (nSPS) is 9.86. The number of halogens is 1. The van der Waals surface area contributed by atoms with Crippen molar-refractivity contribution in [3.63, 3.8) is 0 Å². The number of benzene rings is 2. The summed E-state index contributed by atoms with van der Waals surface area (Å²) in [6.45, 7) is 0. The molecule has 0 bridgehead atoms. The van der Waals surface area contributed by atoms with E-state index in [1.54, 1.807) is 31.4 Å². The molecule has 0 atom stereocenters. The molecule has 2 rings (SSSR count). The van der Waals surface area contributed by atoms with Crippen molar-refractivity contribution in [2.75, 3.05) is 24.9 Å². The minimum Gasteiger partial charge on any atom is -0.497 e. The molecule has 0 saturated heterocycles. The minimum absolute atomic E-state index is 0.356. The van der Waals surface area contributed by atoms with Crippen molar-refractivity contribution in [2.45, 2.75) is 0 Å². The second kappa shape index (κ2) is 6.99. The van der Waals surface area contributed by atoms with Crippen LogP contribution in [0.2, 0.25) is 0 Å². The zero-order chi connectivity index (χ0) is 15.2. The van der Waals surface area contributed by atoms with Gasteiger partial charge in [0.2, 0.25) is 0 Å². The first-order valence-corrected chi connectivity index (χ1v) is 6.98. The van der Waals surface area contributed by atoms with E-state index < -0.39 is 0 Å². The van der Waals surface area contributed by atoms with Gasteiger partial charge in [-0.15, -0.1) is 0 Å². The van der Waals surface area contributed by atoms with Crippen molar-refractivity contribution in [2.24, 2.45) is 0 Å². The molecule has 21 heavy (non-hydrogen) atoms. The molecule has 0 heterocycles. The Balaban J connectivity index is 2.11. The van der Waals surface area contributed by atoms with Crippen LogP contribution in [0.3, 0.4) is 0 Å². The van der Waals surface area contributed by atoms with Crippen molar-refractivity contribution in [3.05, 3.63) is 46.9 Å². The topological polar surface area (TPSA) is 59.6 Å². The third-order valence-electron chi connectivity index (χ3n) is 2.78. The smallest absolute Gasteiger partial charge is 0.323 e.